The van der Waals surface area contributed by atoms with Gasteiger partial charge in [0.1, 0.15) is 0 Å². The number of ketones is 1. The molecule has 0 radical (unpaired) electrons. The van der Waals surface area contributed by atoms with Gasteiger partial charge in [-0.15, -0.1) is 0 Å². The molecule has 0 unspecified atom stereocenters. The Balaban J connectivity index is 2.23. The first-order chi connectivity index (χ1) is 9.66. The summed E-state index contributed by atoms with van der Waals surface area (Å²) in [5.74, 6) is -0.353. The SMILES string of the molecule is O=C(/C=C(/Cc1ccccc1)[N+](=O)[O-])c1ccccc1. The number of hydrogen-bond acceptors (Lipinski definition) is 3. The van der Waals surface area contributed by atoms with Crippen molar-refractivity contribution in [2.75, 3.05) is 0 Å². The molecule has 0 aliphatic carbocycles. The summed E-state index contributed by atoms with van der Waals surface area (Å²) in [7, 11) is 0. The molecule has 0 bridgehead atoms. The van der Waals surface area contributed by atoms with Crippen molar-refractivity contribution in [2.45, 2.75) is 6.42 Å². The third kappa shape index (κ3) is 3.62. The van der Waals surface area contributed by atoms with Crippen molar-refractivity contribution < 1.29 is 9.72 Å². The highest BCUT2D eigenvalue weighted by molar-refractivity contribution is 6.04. The van der Waals surface area contributed by atoms with E-state index in [1.807, 2.05) is 18.2 Å². The maximum atomic E-state index is 12.0. The molecule has 0 heterocycles. The fourth-order valence-corrected chi connectivity index (χ4v) is 1.81. The Morgan fingerprint density at radius 3 is 2.10 bits per heavy atom. The van der Waals surface area contributed by atoms with E-state index in [0.717, 1.165) is 11.6 Å². The van der Waals surface area contributed by atoms with E-state index in [4.69, 9.17) is 0 Å². The largest absolute Gasteiger partial charge is 0.289 e. The van der Waals surface area contributed by atoms with Gasteiger partial charge in [0.25, 0.3) is 5.70 Å². The summed E-state index contributed by atoms with van der Waals surface area (Å²) >= 11 is 0. The molecule has 0 N–H and O–H groups in total. The number of carbonyl (C=O) groups excluding carboxylic acids is 1. The average Bonchev–Trinajstić information content (AvgIpc) is 2.48. The number of carbonyl (C=O) groups is 1. The van der Waals surface area contributed by atoms with Crippen LogP contribution in [-0.4, -0.2) is 10.7 Å². The third-order valence-corrected chi connectivity index (χ3v) is 2.82. The van der Waals surface area contributed by atoms with Crippen molar-refractivity contribution in [3.63, 3.8) is 0 Å². The van der Waals surface area contributed by atoms with Gasteiger partial charge in [0, 0.05) is 5.56 Å². The minimum Gasteiger partial charge on any atom is -0.289 e. The molecule has 0 aromatic heterocycles. The van der Waals surface area contributed by atoms with Gasteiger partial charge in [-0.25, -0.2) is 0 Å². The van der Waals surface area contributed by atoms with E-state index in [1.54, 1.807) is 42.5 Å². The van der Waals surface area contributed by atoms with Gasteiger partial charge in [-0.2, -0.15) is 0 Å². The normalized spacial score (nSPS) is 11.1. The highest BCUT2D eigenvalue weighted by atomic mass is 16.6. The third-order valence-electron chi connectivity index (χ3n) is 2.82. The Labute approximate surface area is 116 Å². The summed E-state index contributed by atoms with van der Waals surface area (Å²) in [5.41, 5.74) is 1.14. The number of nitrogens with zero attached hydrogens (tertiary/aromatic N) is 1. The van der Waals surface area contributed by atoms with Gasteiger partial charge in [-0.3, -0.25) is 14.9 Å². The molecular formula is C16H13NO3. The summed E-state index contributed by atoms with van der Waals surface area (Å²) in [4.78, 5) is 22.5. The first-order valence-corrected chi connectivity index (χ1v) is 6.15. The molecule has 20 heavy (non-hydrogen) atoms. The Morgan fingerprint density at radius 2 is 1.55 bits per heavy atom. The fraction of sp³-hybridized carbons (Fsp3) is 0.0625. The van der Waals surface area contributed by atoms with Gasteiger partial charge < -0.3 is 0 Å². The number of nitro groups is 1. The Morgan fingerprint density at radius 1 is 1.00 bits per heavy atom. The van der Waals surface area contributed by atoms with E-state index in [9.17, 15) is 14.9 Å². The highest BCUT2D eigenvalue weighted by Crippen LogP contribution is 2.10. The molecule has 0 aliphatic rings. The second-order valence-corrected chi connectivity index (χ2v) is 4.29. The smallest absolute Gasteiger partial charge is 0.254 e. The van der Waals surface area contributed by atoms with Crippen LogP contribution in [0, 0.1) is 10.1 Å². The van der Waals surface area contributed by atoms with Crippen molar-refractivity contribution in [3.8, 4) is 0 Å². The monoisotopic (exact) mass is 267 g/mol. The predicted octanol–water partition coefficient (Wildman–Crippen LogP) is 3.27. The second-order valence-electron chi connectivity index (χ2n) is 4.29. The van der Waals surface area contributed by atoms with Crippen LogP contribution >= 0.6 is 0 Å². The number of allylic oxidation sites excluding steroid dienone is 2. The number of rotatable bonds is 5. The molecule has 2 rings (SSSR count). The van der Waals surface area contributed by atoms with Crippen LogP contribution in [0.25, 0.3) is 0 Å². The van der Waals surface area contributed by atoms with Crippen molar-refractivity contribution in [1.29, 1.82) is 0 Å². The lowest BCUT2D eigenvalue weighted by atomic mass is 10.1. The maximum Gasteiger partial charge on any atom is 0.254 e. The lowest BCUT2D eigenvalue weighted by Gasteiger charge is -2.00. The Kier molecular flexibility index (Phi) is 4.39. The van der Waals surface area contributed by atoms with Gasteiger partial charge in [-0.05, 0) is 5.56 Å². The minimum absolute atomic E-state index is 0.106. The first-order valence-electron chi connectivity index (χ1n) is 6.15. The standard InChI is InChI=1S/C16H13NO3/c18-16(14-9-5-2-6-10-14)12-15(17(19)20)11-13-7-3-1-4-8-13/h1-10,12H,11H2/b15-12-. The summed E-state index contributed by atoms with van der Waals surface area (Å²) < 4.78 is 0. The average molecular weight is 267 g/mol. The maximum absolute atomic E-state index is 12.0. The quantitative estimate of drug-likeness (QED) is 0.361. The number of benzene rings is 2. The van der Waals surface area contributed by atoms with E-state index in [1.165, 1.54) is 0 Å². The van der Waals surface area contributed by atoms with Gasteiger partial charge in [0.2, 0.25) is 0 Å². The topological polar surface area (TPSA) is 60.2 Å². The summed E-state index contributed by atoms with van der Waals surface area (Å²) in [6, 6.07) is 17.6. The molecule has 100 valence electrons. The lowest BCUT2D eigenvalue weighted by Crippen LogP contribution is -2.06. The molecule has 0 aliphatic heterocycles. The van der Waals surface area contributed by atoms with Crippen LogP contribution in [0.5, 0.6) is 0 Å². The molecular weight excluding hydrogens is 254 g/mol. The molecule has 0 saturated carbocycles. The van der Waals surface area contributed by atoms with Gasteiger partial charge in [0.15, 0.2) is 5.78 Å². The summed E-state index contributed by atoms with van der Waals surface area (Å²) in [6.45, 7) is 0. The lowest BCUT2D eigenvalue weighted by molar-refractivity contribution is -0.426. The second kappa shape index (κ2) is 6.43. The Hall–Kier alpha value is -2.75. The van der Waals surface area contributed by atoms with Gasteiger partial charge >= 0.3 is 0 Å². The number of hydrogen-bond donors (Lipinski definition) is 0. The zero-order chi connectivity index (χ0) is 14.4. The zero-order valence-electron chi connectivity index (χ0n) is 10.7. The first kappa shape index (κ1) is 13.7. The predicted molar refractivity (Wildman–Crippen MR) is 76.0 cm³/mol. The molecule has 4 heteroatoms. The highest BCUT2D eigenvalue weighted by Gasteiger charge is 2.15. The van der Waals surface area contributed by atoms with Gasteiger partial charge in [0.05, 0.1) is 17.4 Å². The van der Waals surface area contributed by atoms with Crippen molar-refractivity contribution in [2.24, 2.45) is 0 Å². The van der Waals surface area contributed by atoms with E-state index in [-0.39, 0.29) is 17.9 Å². The molecule has 0 fully saturated rings. The molecule has 0 amide bonds. The molecule has 0 atom stereocenters. The van der Waals surface area contributed by atoms with Crippen molar-refractivity contribution in [3.05, 3.63) is 93.7 Å². The molecule has 2 aromatic rings. The van der Waals surface area contributed by atoms with E-state index in [2.05, 4.69) is 0 Å². The molecule has 0 saturated heterocycles. The molecule has 0 spiro atoms. The summed E-state index contributed by atoms with van der Waals surface area (Å²) in [5, 5.41) is 11.1. The molecule has 2 aromatic carbocycles. The summed E-state index contributed by atoms with van der Waals surface area (Å²) in [6.07, 6.45) is 1.23. The molecule has 4 nitrogen and oxygen atoms in total. The van der Waals surface area contributed by atoms with Crippen molar-refractivity contribution >= 4 is 5.78 Å². The van der Waals surface area contributed by atoms with E-state index >= 15 is 0 Å². The van der Waals surface area contributed by atoms with Crippen LogP contribution in [0.3, 0.4) is 0 Å². The van der Waals surface area contributed by atoms with E-state index < -0.39 is 4.92 Å². The van der Waals surface area contributed by atoms with Crippen LogP contribution in [0.1, 0.15) is 15.9 Å². The van der Waals surface area contributed by atoms with Crippen molar-refractivity contribution in [1.82, 2.24) is 0 Å². The van der Waals surface area contributed by atoms with Crippen LogP contribution in [0.2, 0.25) is 0 Å². The van der Waals surface area contributed by atoms with Crippen LogP contribution in [0.4, 0.5) is 0 Å². The van der Waals surface area contributed by atoms with Crippen LogP contribution in [0.15, 0.2) is 72.4 Å². The zero-order valence-corrected chi connectivity index (χ0v) is 10.7. The minimum atomic E-state index is -0.506. The van der Waals surface area contributed by atoms with Crippen LogP contribution in [-0.2, 0) is 6.42 Å². The van der Waals surface area contributed by atoms with Crippen LogP contribution < -0.4 is 0 Å². The van der Waals surface area contributed by atoms with E-state index in [0.29, 0.717) is 5.56 Å². The Bertz CT molecular complexity index is 633. The van der Waals surface area contributed by atoms with Gasteiger partial charge in [-0.1, -0.05) is 60.7 Å². The fourth-order valence-electron chi connectivity index (χ4n) is 1.81.